The van der Waals surface area contributed by atoms with E-state index >= 15 is 0 Å². The van der Waals surface area contributed by atoms with Crippen molar-refractivity contribution >= 4 is 33.0 Å². The molecule has 1 aliphatic carbocycles. The maximum atomic E-state index is 12.2. The molecule has 1 fully saturated rings. The molecule has 122 valence electrons. The van der Waals surface area contributed by atoms with Gasteiger partial charge >= 0.3 is 0 Å². The number of hydrogen-bond acceptors (Lipinski definition) is 4. The van der Waals surface area contributed by atoms with Gasteiger partial charge in [0.1, 0.15) is 4.21 Å². The van der Waals surface area contributed by atoms with Crippen molar-refractivity contribution < 1.29 is 13.2 Å². The molecule has 0 saturated heterocycles. The summed E-state index contributed by atoms with van der Waals surface area (Å²) in [6.07, 6.45) is 1.93. The molecule has 2 aromatic rings. The average Bonchev–Trinajstić information content (AvgIpc) is 3.21. The molecule has 1 aromatic carbocycles. The molecular formula is C16H18N2O3S2. The quantitative estimate of drug-likeness (QED) is 0.840. The van der Waals surface area contributed by atoms with Crippen LogP contribution in [0.3, 0.4) is 0 Å². The van der Waals surface area contributed by atoms with Crippen LogP contribution in [0.25, 0.3) is 0 Å². The number of sulfonamides is 1. The summed E-state index contributed by atoms with van der Waals surface area (Å²) in [7, 11) is -3.50. The van der Waals surface area contributed by atoms with E-state index in [2.05, 4.69) is 10.0 Å². The SMILES string of the molecule is C[C@@H](NS(=O)(=O)c1cccs1)c1ccc(NC(=O)C2CC2)cc1. The zero-order valence-electron chi connectivity index (χ0n) is 12.7. The number of rotatable bonds is 6. The summed E-state index contributed by atoms with van der Waals surface area (Å²) in [6, 6.07) is 10.2. The lowest BCUT2D eigenvalue weighted by molar-refractivity contribution is -0.117. The predicted molar refractivity (Wildman–Crippen MR) is 90.9 cm³/mol. The minimum absolute atomic E-state index is 0.0594. The second kappa shape index (κ2) is 6.43. The summed E-state index contributed by atoms with van der Waals surface area (Å²) in [5.74, 6) is 0.218. The third-order valence-electron chi connectivity index (χ3n) is 3.72. The van der Waals surface area contributed by atoms with Crippen molar-refractivity contribution in [3.63, 3.8) is 0 Å². The van der Waals surface area contributed by atoms with Crippen molar-refractivity contribution in [3.8, 4) is 0 Å². The lowest BCUT2D eigenvalue weighted by Gasteiger charge is -2.14. The van der Waals surface area contributed by atoms with Gasteiger partial charge in [-0.05, 0) is 48.9 Å². The normalized spacial score (nSPS) is 16.0. The zero-order chi connectivity index (χ0) is 16.4. The van der Waals surface area contributed by atoms with Crippen LogP contribution in [-0.4, -0.2) is 14.3 Å². The van der Waals surface area contributed by atoms with Crippen LogP contribution in [-0.2, 0) is 14.8 Å². The van der Waals surface area contributed by atoms with Crippen LogP contribution in [0, 0.1) is 5.92 Å². The molecule has 23 heavy (non-hydrogen) atoms. The van der Waals surface area contributed by atoms with Crippen molar-refractivity contribution in [2.45, 2.75) is 30.0 Å². The van der Waals surface area contributed by atoms with Crippen LogP contribution < -0.4 is 10.0 Å². The lowest BCUT2D eigenvalue weighted by Crippen LogP contribution is -2.26. The first-order valence-electron chi connectivity index (χ1n) is 7.42. The van der Waals surface area contributed by atoms with Gasteiger partial charge in [-0.3, -0.25) is 4.79 Å². The highest BCUT2D eigenvalue weighted by Gasteiger charge is 2.29. The Hall–Kier alpha value is -1.70. The molecule has 0 unspecified atom stereocenters. The Morgan fingerprint density at radius 1 is 1.22 bits per heavy atom. The molecule has 1 aromatic heterocycles. The number of nitrogens with one attached hydrogen (secondary N) is 2. The van der Waals surface area contributed by atoms with Crippen LogP contribution in [0.4, 0.5) is 5.69 Å². The molecule has 0 spiro atoms. The first-order chi connectivity index (χ1) is 11.0. The van der Waals surface area contributed by atoms with Crippen molar-refractivity contribution in [2.75, 3.05) is 5.32 Å². The maximum Gasteiger partial charge on any atom is 0.250 e. The van der Waals surface area contributed by atoms with Gasteiger partial charge in [-0.15, -0.1) is 11.3 Å². The fourth-order valence-corrected chi connectivity index (χ4v) is 4.46. The van der Waals surface area contributed by atoms with Crippen LogP contribution in [0.15, 0.2) is 46.0 Å². The lowest BCUT2D eigenvalue weighted by atomic mass is 10.1. The van der Waals surface area contributed by atoms with E-state index in [4.69, 9.17) is 0 Å². The molecule has 3 rings (SSSR count). The highest BCUT2D eigenvalue weighted by Crippen LogP contribution is 2.30. The van der Waals surface area contributed by atoms with Gasteiger partial charge in [-0.25, -0.2) is 13.1 Å². The molecule has 0 bridgehead atoms. The van der Waals surface area contributed by atoms with Crippen molar-refractivity contribution in [1.82, 2.24) is 4.72 Å². The van der Waals surface area contributed by atoms with Gasteiger partial charge < -0.3 is 5.32 Å². The predicted octanol–water partition coefficient (Wildman–Crippen LogP) is 3.14. The van der Waals surface area contributed by atoms with E-state index in [9.17, 15) is 13.2 Å². The highest BCUT2D eigenvalue weighted by atomic mass is 32.2. The molecule has 5 nitrogen and oxygen atoms in total. The summed E-state index contributed by atoms with van der Waals surface area (Å²) in [4.78, 5) is 11.7. The molecule has 0 radical (unpaired) electrons. The summed E-state index contributed by atoms with van der Waals surface area (Å²) in [5.41, 5.74) is 1.58. The summed E-state index contributed by atoms with van der Waals surface area (Å²) in [6.45, 7) is 1.79. The average molecular weight is 350 g/mol. The molecule has 2 N–H and O–H groups in total. The first-order valence-corrected chi connectivity index (χ1v) is 9.78. The van der Waals surface area contributed by atoms with Crippen molar-refractivity contribution in [1.29, 1.82) is 0 Å². The molecular weight excluding hydrogens is 332 g/mol. The minimum atomic E-state index is -3.50. The topological polar surface area (TPSA) is 75.3 Å². The first kappa shape index (κ1) is 16.2. The summed E-state index contributed by atoms with van der Waals surface area (Å²) in [5, 5.41) is 4.60. The summed E-state index contributed by atoms with van der Waals surface area (Å²) < 4.78 is 27.4. The Labute approximate surface area is 139 Å². The number of benzene rings is 1. The number of amides is 1. The van der Waals surface area contributed by atoms with Crippen molar-refractivity contribution in [2.24, 2.45) is 5.92 Å². The molecule has 1 heterocycles. The van der Waals surface area contributed by atoms with E-state index in [0.717, 1.165) is 24.1 Å². The van der Waals surface area contributed by atoms with Gasteiger partial charge in [0.25, 0.3) is 10.0 Å². The molecule has 1 amide bonds. The van der Waals surface area contributed by atoms with Gasteiger partial charge in [-0.1, -0.05) is 18.2 Å². The Kier molecular flexibility index (Phi) is 4.52. The van der Waals surface area contributed by atoms with Crippen molar-refractivity contribution in [3.05, 3.63) is 47.3 Å². The fraction of sp³-hybridized carbons (Fsp3) is 0.312. The molecule has 1 atom stereocenters. The summed E-state index contributed by atoms with van der Waals surface area (Å²) >= 11 is 1.19. The third kappa shape index (κ3) is 3.99. The van der Waals surface area contributed by atoms with Crippen LogP contribution in [0.1, 0.15) is 31.4 Å². The Morgan fingerprint density at radius 3 is 2.48 bits per heavy atom. The largest absolute Gasteiger partial charge is 0.326 e. The minimum Gasteiger partial charge on any atom is -0.326 e. The number of anilines is 1. The fourth-order valence-electron chi connectivity index (χ4n) is 2.22. The van der Waals surface area contributed by atoms with Gasteiger partial charge in [0.15, 0.2) is 0 Å². The van der Waals surface area contributed by atoms with E-state index in [1.165, 1.54) is 11.3 Å². The molecule has 1 aliphatic rings. The Morgan fingerprint density at radius 2 is 1.91 bits per heavy atom. The Bertz CT molecular complexity index is 779. The van der Waals surface area contributed by atoms with Crippen LogP contribution in [0.2, 0.25) is 0 Å². The van der Waals surface area contributed by atoms with E-state index in [-0.39, 0.29) is 17.9 Å². The van der Waals surface area contributed by atoms with Gasteiger partial charge in [-0.2, -0.15) is 0 Å². The maximum absolute atomic E-state index is 12.2. The number of carbonyl (C=O) groups is 1. The van der Waals surface area contributed by atoms with E-state index in [1.54, 1.807) is 36.6 Å². The molecule has 0 aliphatic heterocycles. The van der Waals surface area contributed by atoms with Crippen LogP contribution in [0.5, 0.6) is 0 Å². The standard InChI is InChI=1S/C16H18N2O3S2/c1-11(18-23(20,21)15-3-2-10-22-15)12-6-8-14(9-7-12)17-16(19)13-4-5-13/h2-3,6-11,13,18H,4-5H2,1H3,(H,17,19)/t11-/m1/s1. The monoisotopic (exact) mass is 350 g/mol. The Balaban J connectivity index is 1.65. The van der Waals surface area contributed by atoms with Gasteiger partial charge in [0.2, 0.25) is 5.91 Å². The third-order valence-corrected chi connectivity index (χ3v) is 6.66. The van der Waals surface area contributed by atoms with E-state index < -0.39 is 10.0 Å². The number of carbonyl (C=O) groups excluding carboxylic acids is 1. The molecule has 1 saturated carbocycles. The second-order valence-electron chi connectivity index (χ2n) is 5.66. The van der Waals surface area contributed by atoms with E-state index in [0.29, 0.717) is 4.21 Å². The smallest absolute Gasteiger partial charge is 0.250 e. The number of hydrogen-bond donors (Lipinski definition) is 2. The highest BCUT2D eigenvalue weighted by molar-refractivity contribution is 7.91. The zero-order valence-corrected chi connectivity index (χ0v) is 14.3. The van der Waals surface area contributed by atoms with Gasteiger partial charge in [0.05, 0.1) is 0 Å². The van der Waals surface area contributed by atoms with Gasteiger partial charge in [0, 0.05) is 17.6 Å². The number of thiophene rings is 1. The molecule has 7 heteroatoms. The van der Waals surface area contributed by atoms with Crippen LogP contribution >= 0.6 is 11.3 Å². The van der Waals surface area contributed by atoms with E-state index in [1.807, 2.05) is 12.1 Å². The second-order valence-corrected chi connectivity index (χ2v) is 8.55.